The Morgan fingerprint density at radius 2 is 2.08 bits per heavy atom. The van der Waals surface area contributed by atoms with Crippen LogP contribution in [0.3, 0.4) is 0 Å². The highest BCUT2D eigenvalue weighted by molar-refractivity contribution is 6.02. The number of ether oxygens (including phenoxy) is 1. The summed E-state index contributed by atoms with van der Waals surface area (Å²) >= 11 is 0. The second kappa shape index (κ2) is 7.62. The number of halogens is 1. The first-order chi connectivity index (χ1) is 12.6. The molecule has 1 aliphatic heterocycles. The molecule has 26 heavy (non-hydrogen) atoms. The molecule has 0 radical (unpaired) electrons. The van der Waals surface area contributed by atoms with Gasteiger partial charge in [0.15, 0.2) is 5.69 Å². The van der Waals surface area contributed by atoms with Crippen molar-refractivity contribution in [2.45, 2.75) is 12.5 Å². The Balaban J connectivity index is 1.74. The Hall–Kier alpha value is -3.46. The molecule has 1 aliphatic rings. The standard InChI is InChI=1S/C20H15FN2O3/c1-22-16-9-7-15(18(21)12-16)8-10-19(24)23-17(13-26-20(23)25)11-14-5-3-2-4-6-14/h2-10,12,17H,11,13H2/b10-8+/t17-/m0/s1. The number of benzene rings is 2. The predicted molar refractivity (Wildman–Crippen MR) is 93.8 cm³/mol. The van der Waals surface area contributed by atoms with E-state index in [9.17, 15) is 14.0 Å². The van der Waals surface area contributed by atoms with Gasteiger partial charge in [0, 0.05) is 11.6 Å². The summed E-state index contributed by atoms with van der Waals surface area (Å²) in [4.78, 5) is 28.5. The van der Waals surface area contributed by atoms with Gasteiger partial charge in [0.2, 0.25) is 0 Å². The molecule has 2 aromatic rings. The Morgan fingerprint density at radius 3 is 2.77 bits per heavy atom. The molecule has 0 unspecified atom stereocenters. The summed E-state index contributed by atoms with van der Waals surface area (Å²) in [6.07, 6.45) is 2.21. The van der Waals surface area contributed by atoms with E-state index in [-0.39, 0.29) is 17.9 Å². The van der Waals surface area contributed by atoms with Crippen molar-refractivity contribution in [3.05, 3.63) is 83.0 Å². The maximum atomic E-state index is 13.9. The molecule has 0 bridgehead atoms. The third kappa shape index (κ3) is 3.78. The highest BCUT2D eigenvalue weighted by Gasteiger charge is 2.36. The van der Waals surface area contributed by atoms with Crippen molar-refractivity contribution >= 4 is 23.8 Å². The molecule has 0 N–H and O–H groups in total. The van der Waals surface area contributed by atoms with Crippen LogP contribution < -0.4 is 0 Å². The highest BCUT2D eigenvalue weighted by Crippen LogP contribution is 2.20. The molecule has 1 heterocycles. The minimum absolute atomic E-state index is 0.126. The first-order valence-electron chi connectivity index (χ1n) is 7.97. The number of amides is 2. The third-order valence-corrected chi connectivity index (χ3v) is 4.03. The minimum atomic E-state index is -0.704. The van der Waals surface area contributed by atoms with E-state index in [0.29, 0.717) is 6.42 Å². The van der Waals surface area contributed by atoms with Crippen molar-refractivity contribution in [3.63, 3.8) is 0 Å². The average Bonchev–Trinajstić information content (AvgIpc) is 3.01. The fourth-order valence-corrected chi connectivity index (χ4v) is 2.73. The smallest absolute Gasteiger partial charge is 0.417 e. The van der Waals surface area contributed by atoms with E-state index in [2.05, 4.69) is 4.85 Å². The molecule has 0 spiro atoms. The first-order valence-corrected chi connectivity index (χ1v) is 7.97. The van der Waals surface area contributed by atoms with Gasteiger partial charge in [0.05, 0.1) is 12.6 Å². The molecular formula is C20H15FN2O3. The SMILES string of the molecule is [C-]#[N+]c1ccc(/C=C/C(=O)N2C(=O)OC[C@@H]2Cc2ccccc2)c(F)c1. The largest absolute Gasteiger partial charge is 0.447 e. The van der Waals surface area contributed by atoms with E-state index in [1.165, 1.54) is 18.2 Å². The average molecular weight is 350 g/mol. The van der Waals surface area contributed by atoms with Gasteiger partial charge in [-0.05, 0) is 24.1 Å². The van der Waals surface area contributed by atoms with Crippen molar-refractivity contribution in [3.8, 4) is 0 Å². The van der Waals surface area contributed by atoms with Crippen LogP contribution in [-0.2, 0) is 16.0 Å². The van der Waals surface area contributed by atoms with Gasteiger partial charge in [-0.1, -0.05) is 42.5 Å². The van der Waals surface area contributed by atoms with Gasteiger partial charge >= 0.3 is 6.09 Å². The number of rotatable bonds is 4. The van der Waals surface area contributed by atoms with Gasteiger partial charge in [0.25, 0.3) is 5.91 Å². The number of carbonyl (C=O) groups is 2. The minimum Gasteiger partial charge on any atom is -0.447 e. The molecule has 2 amide bonds. The van der Waals surface area contributed by atoms with E-state index >= 15 is 0 Å². The molecule has 0 aliphatic carbocycles. The Labute approximate surface area is 150 Å². The number of carbonyl (C=O) groups excluding carboxylic acids is 2. The second-order valence-corrected chi connectivity index (χ2v) is 5.78. The fourth-order valence-electron chi connectivity index (χ4n) is 2.73. The summed E-state index contributed by atoms with van der Waals surface area (Å²) in [6, 6.07) is 13.0. The van der Waals surface area contributed by atoms with Crippen LogP contribution in [0.25, 0.3) is 10.9 Å². The molecule has 130 valence electrons. The lowest BCUT2D eigenvalue weighted by atomic mass is 10.1. The Morgan fingerprint density at radius 1 is 1.31 bits per heavy atom. The van der Waals surface area contributed by atoms with Gasteiger partial charge in [0.1, 0.15) is 12.4 Å². The lowest BCUT2D eigenvalue weighted by molar-refractivity contribution is -0.124. The number of imide groups is 1. The summed E-state index contributed by atoms with van der Waals surface area (Å²) in [5, 5.41) is 0. The first kappa shape index (κ1) is 17.4. The molecule has 0 saturated carbocycles. The second-order valence-electron chi connectivity index (χ2n) is 5.78. The molecule has 1 atom stereocenters. The van der Waals surface area contributed by atoms with Crippen LogP contribution in [0.1, 0.15) is 11.1 Å². The topological polar surface area (TPSA) is 51.0 Å². The van der Waals surface area contributed by atoms with Gasteiger partial charge in [-0.25, -0.2) is 18.9 Å². The van der Waals surface area contributed by atoms with Crippen molar-refractivity contribution in [1.29, 1.82) is 0 Å². The van der Waals surface area contributed by atoms with Gasteiger partial charge < -0.3 is 4.74 Å². The molecular weight excluding hydrogens is 335 g/mol. The van der Waals surface area contributed by atoms with Gasteiger partial charge in [-0.2, -0.15) is 0 Å². The van der Waals surface area contributed by atoms with Gasteiger partial charge in [-0.3, -0.25) is 4.79 Å². The van der Waals surface area contributed by atoms with Gasteiger partial charge in [-0.15, -0.1) is 0 Å². The normalized spacial score (nSPS) is 16.5. The monoisotopic (exact) mass is 350 g/mol. The van der Waals surface area contributed by atoms with E-state index in [4.69, 9.17) is 11.3 Å². The van der Waals surface area contributed by atoms with E-state index in [1.54, 1.807) is 0 Å². The van der Waals surface area contributed by atoms with Crippen LogP contribution in [0.15, 0.2) is 54.6 Å². The molecule has 3 rings (SSSR count). The van der Waals surface area contributed by atoms with Crippen LogP contribution in [-0.4, -0.2) is 29.5 Å². The van der Waals surface area contributed by atoms with Crippen molar-refractivity contribution in [2.75, 3.05) is 6.61 Å². The summed E-state index contributed by atoms with van der Waals surface area (Å²) < 4.78 is 18.9. The zero-order valence-electron chi connectivity index (χ0n) is 13.8. The molecule has 1 fully saturated rings. The number of nitrogens with zero attached hydrogens (tertiary/aromatic N) is 2. The van der Waals surface area contributed by atoms with Crippen LogP contribution in [0.5, 0.6) is 0 Å². The van der Waals surface area contributed by atoms with Crippen LogP contribution in [0.2, 0.25) is 0 Å². The highest BCUT2D eigenvalue weighted by atomic mass is 19.1. The van der Waals surface area contributed by atoms with E-state index < -0.39 is 23.9 Å². The molecule has 0 aromatic heterocycles. The summed E-state index contributed by atoms with van der Waals surface area (Å²) in [5.74, 6) is -1.17. The molecule has 2 aromatic carbocycles. The summed E-state index contributed by atoms with van der Waals surface area (Å²) in [6.45, 7) is 6.99. The summed E-state index contributed by atoms with van der Waals surface area (Å²) in [7, 11) is 0. The number of hydrogen-bond acceptors (Lipinski definition) is 3. The maximum Gasteiger partial charge on any atom is 0.417 e. The number of cyclic esters (lactones) is 1. The van der Waals surface area contributed by atoms with Crippen molar-refractivity contribution in [2.24, 2.45) is 0 Å². The van der Waals surface area contributed by atoms with Crippen LogP contribution in [0, 0.1) is 12.4 Å². The zero-order valence-corrected chi connectivity index (χ0v) is 13.8. The van der Waals surface area contributed by atoms with E-state index in [0.717, 1.165) is 22.6 Å². The lowest BCUT2D eigenvalue weighted by Crippen LogP contribution is -2.39. The molecule has 6 heteroatoms. The third-order valence-electron chi connectivity index (χ3n) is 4.03. The predicted octanol–water partition coefficient (Wildman–Crippen LogP) is 3.98. The Kier molecular flexibility index (Phi) is 5.09. The molecule has 5 nitrogen and oxygen atoms in total. The van der Waals surface area contributed by atoms with Crippen LogP contribution >= 0.6 is 0 Å². The van der Waals surface area contributed by atoms with Crippen molar-refractivity contribution < 1.29 is 18.7 Å². The maximum absolute atomic E-state index is 13.9. The quantitative estimate of drug-likeness (QED) is 0.619. The van der Waals surface area contributed by atoms with E-state index in [1.807, 2.05) is 30.3 Å². The van der Waals surface area contributed by atoms with Crippen LogP contribution in [0.4, 0.5) is 14.9 Å². The Bertz CT molecular complexity index is 903. The van der Waals surface area contributed by atoms with Crippen molar-refractivity contribution in [1.82, 2.24) is 4.90 Å². The molecule has 1 saturated heterocycles. The number of hydrogen-bond donors (Lipinski definition) is 0. The summed E-state index contributed by atoms with van der Waals surface area (Å²) in [5.41, 5.74) is 1.33. The zero-order chi connectivity index (χ0) is 18.5. The lowest BCUT2D eigenvalue weighted by Gasteiger charge is -2.18. The fraction of sp³-hybridized carbons (Fsp3) is 0.150.